The maximum Gasteiger partial charge on any atom is 0.261 e. The molecule has 3 aromatic carbocycles. The van der Waals surface area contributed by atoms with E-state index in [1.807, 2.05) is 25.1 Å². The standard InChI is InChI=1S/C26H22N2O5/c1-16(18-9-10-22-23(14-18)33-12-11-32-22)27-24(29)19-6-4-5-17(13-19)15-28-25(30)20-7-2-3-8-21(20)26(28)31/h2-10,13-14,16H,11-12,15H2,1H3,(H,27,29)/t16-/m0/s1. The number of benzene rings is 3. The molecule has 33 heavy (non-hydrogen) atoms. The first-order valence-corrected chi connectivity index (χ1v) is 10.8. The number of carbonyl (C=O) groups excluding carboxylic acids is 3. The molecule has 3 amide bonds. The zero-order valence-electron chi connectivity index (χ0n) is 18.0. The van der Waals surface area contributed by atoms with Gasteiger partial charge in [0.15, 0.2) is 11.5 Å². The zero-order chi connectivity index (χ0) is 22.9. The average Bonchev–Trinajstić information content (AvgIpc) is 3.09. The van der Waals surface area contributed by atoms with Crippen LogP contribution < -0.4 is 14.8 Å². The van der Waals surface area contributed by atoms with Gasteiger partial charge in [0.2, 0.25) is 0 Å². The molecule has 166 valence electrons. The van der Waals surface area contributed by atoms with E-state index >= 15 is 0 Å². The van der Waals surface area contributed by atoms with Gasteiger partial charge in [0.25, 0.3) is 17.7 Å². The second-order valence-electron chi connectivity index (χ2n) is 8.04. The maximum absolute atomic E-state index is 12.9. The molecule has 0 unspecified atom stereocenters. The highest BCUT2D eigenvalue weighted by atomic mass is 16.6. The Balaban J connectivity index is 1.29. The van der Waals surface area contributed by atoms with Crippen LogP contribution in [0.2, 0.25) is 0 Å². The van der Waals surface area contributed by atoms with Crippen molar-refractivity contribution in [3.63, 3.8) is 0 Å². The lowest BCUT2D eigenvalue weighted by Crippen LogP contribution is -2.29. The van der Waals surface area contributed by atoms with Crippen molar-refractivity contribution < 1.29 is 23.9 Å². The van der Waals surface area contributed by atoms with Crippen LogP contribution in [0.4, 0.5) is 0 Å². The molecule has 2 heterocycles. The van der Waals surface area contributed by atoms with Gasteiger partial charge in [-0.05, 0) is 54.4 Å². The fourth-order valence-electron chi connectivity index (χ4n) is 4.07. The number of carbonyl (C=O) groups is 3. The fourth-order valence-corrected chi connectivity index (χ4v) is 4.07. The van der Waals surface area contributed by atoms with Crippen molar-refractivity contribution in [2.45, 2.75) is 19.5 Å². The van der Waals surface area contributed by atoms with Crippen molar-refractivity contribution in [2.75, 3.05) is 13.2 Å². The molecule has 7 nitrogen and oxygen atoms in total. The van der Waals surface area contributed by atoms with Crippen LogP contribution in [0.25, 0.3) is 0 Å². The van der Waals surface area contributed by atoms with E-state index in [1.165, 1.54) is 4.90 Å². The zero-order valence-corrected chi connectivity index (χ0v) is 18.0. The van der Waals surface area contributed by atoms with E-state index in [0.717, 1.165) is 5.56 Å². The SMILES string of the molecule is C[C@H](NC(=O)c1cccc(CN2C(=O)c3ccccc3C2=O)c1)c1ccc2c(c1)OCCO2. The number of hydrogen-bond acceptors (Lipinski definition) is 5. The number of hydrogen-bond donors (Lipinski definition) is 1. The summed E-state index contributed by atoms with van der Waals surface area (Å²) in [7, 11) is 0. The number of nitrogens with zero attached hydrogens (tertiary/aromatic N) is 1. The molecule has 5 rings (SSSR count). The quantitative estimate of drug-likeness (QED) is 0.609. The summed E-state index contributed by atoms with van der Waals surface area (Å²) in [5.41, 5.74) is 2.86. The van der Waals surface area contributed by atoms with Gasteiger partial charge in [-0.3, -0.25) is 19.3 Å². The number of amides is 3. The van der Waals surface area contributed by atoms with Gasteiger partial charge in [0.05, 0.1) is 23.7 Å². The molecule has 0 saturated heterocycles. The van der Waals surface area contributed by atoms with Gasteiger partial charge < -0.3 is 14.8 Å². The van der Waals surface area contributed by atoms with Gasteiger partial charge >= 0.3 is 0 Å². The Kier molecular flexibility index (Phi) is 5.30. The van der Waals surface area contributed by atoms with Crippen molar-refractivity contribution in [2.24, 2.45) is 0 Å². The fraction of sp³-hybridized carbons (Fsp3) is 0.192. The minimum Gasteiger partial charge on any atom is -0.486 e. The van der Waals surface area contributed by atoms with E-state index in [-0.39, 0.29) is 30.3 Å². The molecule has 0 aromatic heterocycles. The number of ether oxygens (including phenoxy) is 2. The Labute approximate surface area is 190 Å². The van der Waals surface area contributed by atoms with Crippen LogP contribution in [0.15, 0.2) is 66.7 Å². The predicted molar refractivity (Wildman–Crippen MR) is 120 cm³/mol. The maximum atomic E-state index is 12.9. The summed E-state index contributed by atoms with van der Waals surface area (Å²) in [6, 6.07) is 19.1. The van der Waals surface area contributed by atoms with Crippen LogP contribution in [0, 0.1) is 0 Å². The van der Waals surface area contributed by atoms with Gasteiger partial charge in [-0.1, -0.05) is 30.3 Å². The second-order valence-corrected chi connectivity index (χ2v) is 8.04. The molecule has 0 aliphatic carbocycles. The van der Waals surface area contributed by atoms with Gasteiger partial charge in [-0.2, -0.15) is 0 Å². The van der Waals surface area contributed by atoms with Crippen molar-refractivity contribution >= 4 is 17.7 Å². The molecule has 0 fully saturated rings. The molecule has 0 saturated carbocycles. The largest absolute Gasteiger partial charge is 0.486 e. The molecule has 7 heteroatoms. The van der Waals surface area contributed by atoms with E-state index in [9.17, 15) is 14.4 Å². The van der Waals surface area contributed by atoms with Crippen LogP contribution in [0.3, 0.4) is 0 Å². The van der Waals surface area contributed by atoms with Crippen molar-refractivity contribution in [3.05, 3.63) is 94.5 Å². The molecule has 3 aromatic rings. The van der Waals surface area contributed by atoms with Crippen molar-refractivity contribution in [3.8, 4) is 11.5 Å². The highest BCUT2D eigenvalue weighted by Crippen LogP contribution is 2.32. The molecule has 2 aliphatic heterocycles. The summed E-state index contributed by atoms with van der Waals surface area (Å²) < 4.78 is 11.2. The lowest BCUT2D eigenvalue weighted by Gasteiger charge is -2.21. The van der Waals surface area contributed by atoms with Crippen molar-refractivity contribution in [1.82, 2.24) is 10.2 Å². The van der Waals surface area contributed by atoms with Crippen molar-refractivity contribution in [1.29, 1.82) is 0 Å². The predicted octanol–water partition coefficient (Wildman–Crippen LogP) is 3.75. The monoisotopic (exact) mass is 442 g/mol. The smallest absolute Gasteiger partial charge is 0.261 e. The Bertz CT molecular complexity index is 1230. The normalized spacial score (nSPS) is 15.2. The molecule has 0 spiro atoms. The Morgan fingerprint density at radius 1 is 0.909 bits per heavy atom. The average molecular weight is 442 g/mol. The minimum absolute atomic E-state index is 0.102. The third kappa shape index (κ3) is 3.93. The highest BCUT2D eigenvalue weighted by molar-refractivity contribution is 6.21. The summed E-state index contributed by atoms with van der Waals surface area (Å²) >= 11 is 0. The van der Waals surface area contributed by atoms with E-state index in [4.69, 9.17) is 9.47 Å². The number of rotatable bonds is 5. The molecule has 1 N–H and O–H groups in total. The summed E-state index contributed by atoms with van der Waals surface area (Å²) in [5.74, 6) is 0.476. The van der Waals surface area contributed by atoms with Gasteiger partial charge in [0, 0.05) is 5.56 Å². The van der Waals surface area contributed by atoms with Gasteiger partial charge in [-0.25, -0.2) is 0 Å². The first kappa shape index (κ1) is 20.8. The van der Waals surface area contributed by atoms with Crippen LogP contribution in [0.5, 0.6) is 11.5 Å². The summed E-state index contributed by atoms with van der Waals surface area (Å²) in [6.45, 7) is 3.02. The molecular formula is C26H22N2O5. The summed E-state index contributed by atoms with van der Waals surface area (Å²) in [6.07, 6.45) is 0. The lowest BCUT2D eigenvalue weighted by atomic mass is 10.1. The van der Waals surface area contributed by atoms with E-state index in [1.54, 1.807) is 48.5 Å². The number of fused-ring (bicyclic) bond motifs is 2. The highest BCUT2D eigenvalue weighted by Gasteiger charge is 2.35. The van der Waals surface area contributed by atoms with Gasteiger partial charge in [0.1, 0.15) is 13.2 Å². The lowest BCUT2D eigenvalue weighted by molar-refractivity contribution is 0.0642. The van der Waals surface area contributed by atoms with Crippen LogP contribution in [-0.2, 0) is 6.54 Å². The van der Waals surface area contributed by atoms with Crippen LogP contribution in [0.1, 0.15) is 55.2 Å². The molecule has 0 bridgehead atoms. The number of imide groups is 1. The molecule has 2 aliphatic rings. The second kappa shape index (κ2) is 8.43. The first-order chi connectivity index (χ1) is 16.0. The van der Waals surface area contributed by atoms with E-state index in [0.29, 0.717) is 47.0 Å². The molecule has 0 radical (unpaired) electrons. The van der Waals surface area contributed by atoms with E-state index < -0.39 is 0 Å². The Morgan fingerprint density at radius 2 is 1.61 bits per heavy atom. The molecule has 1 atom stereocenters. The summed E-state index contributed by atoms with van der Waals surface area (Å²) in [5, 5.41) is 2.99. The number of nitrogens with one attached hydrogen (secondary N) is 1. The Hall–Kier alpha value is -4.13. The summed E-state index contributed by atoms with van der Waals surface area (Å²) in [4.78, 5) is 39.4. The first-order valence-electron chi connectivity index (χ1n) is 10.8. The third-order valence-electron chi connectivity index (χ3n) is 5.82. The molecular weight excluding hydrogens is 420 g/mol. The third-order valence-corrected chi connectivity index (χ3v) is 5.82. The van der Waals surface area contributed by atoms with Gasteiger partial charge in [-0.15, -0.1) is 0 Å². The van der Waals surface area contributed by atoms with E-state index in [2.05, 4.69) is 5.32 Å². The van der Waals surface area contributed by atoms with Crippen LogP contribution >= 0.6 is 0 Å². The van der Waals surface area contributed by atoms with Crippen LogP contribution in [-0.4, -0.2) is 35.8 Å². The Morgan fingerprint density at radius 3 is 2.33 bits per heavy atom. The topological polar surface area (TPSA) is 84.9 Å². The minimum atomic E-state index is -0.322.